The lowest BCUT2D eigenvalue weighted by molar-refractivity contribution is -0.154. The molecule has 0 aliphatic carbocycles. The van der Waals surface area contributed by atoms with Crippen molar-refractivity contribution in [2.24, 2.45) is 0 Å². The van der Waals surface area contributed by atoms with Crippen molar-refractivity contribution in [3.8, 4) is 0 Å². The summed E-state index contributed by atoms with van der Waals surface area (Å²) in [4.78, 5) is 29.1. The number of carbonyl (C=O) groups excluding carboxylic acids is 1. The van der Waals surface area contributed by atoms with Gasteiger partial charge in [0.25, 0.3) is 0 Å². The molecule has 2 atom stereocenters. The first-order valence-corrected chi connectivity index (χ1v) is 11.6. The molecule has 31 heavy (non-hydrogen) atoms. The normalized spacial score (nSPS) is 13.9. The molecule has 8 nitrogen and oxygen atoms in total. The summed E-state index contributed by atoms with van der Waals surface area (Å²) < 4.78 is 0. The third-order valence-electron chi connectivity index (χ3n) is 3.49. The molecule has 12 heteroatoms. The molecular formula is C19H23Br2Cl2N3O5. The first-order chi connectivity index (χ1) is 14.2. The molecule has 2 aromatic rings. The monoisotopic (exact) mass is 601 g/mol. The van der Waals surface area contributed by atoms with Gasteiger partial charge in [0.2, 0.25) is 0 Å². The molecule has 5 N–H and O–H groups in total. The van der Waals surface area contributed by atoms with Crippen molar-refractivity contribution in [2.75, 3.05) is 16.4 Å². The van der Waals surface area contributed by atoms with E-state index in [1.807, 2.05) is 0 Å². The number of halogens is 4. The van der Waals surface area contributed by atoms with Crippen LogP contribution in [0.2, 0.25) is 10.3 Å². The molecule has 0 aliphatic heterocycles. The van der Waals surface area contributed by atoms with Gasteiger partial charge in [-0.05, 0) is 43.7 Å². The molecule has 0 saturated carbocycles. The maximum atomic E-state index is 11.6. The van der Waals surface area contributed by atoms with Crippen LogP contribution in [0.4, 0.5) is 5.69 Å². The number of carboxylic acid groups (broad SMARTS) is 1. The highest BCUT2D eigenvalue weighted by molar-refractivity contribution is 9.09. The van der Waals surface area contributed by atoms with Crippen molar-refractivity contribution < 1.29 is 24.9 Å². The summed E-state index contributed by atoms with van der Waals surface area (Å²) >= 11 is 17.1. The van der Waals surface area contributed by atoms with E-state index in [9.17, 15) is 14.7 Å². The molecule has 0 amide bonds. The summed E-state index contributed by atoms with van der Waals surface area (Å²) in [5, 5.41) is 27.6. The minimum absolute atomic E-state index is 0.0509. The molecule has 0 aromatic carbocycles. The Morgan fingerprint density at radius 3 is 1.81 bits per heavy atom. The average Bonchev–Trinajstić information content (AvgIpc) is 2.68. The molecule has 0 aliphatic rings. The van der Waals surface area contributed by atoms with Crippen LogP contribution < -0.4 is 5.73 Å². The van der Waals surface area contributed by atoms with E-state index in [1.165, 1.54) is 20.0 Å². The predicted molar refractivity (Wildman–Crippen MR) is 128 cm³/mol. The summed E-state index contributed by atoms with van der Waals surface area (Å²) in [6.07, 6.45) is 3.26. The number of Topliss-reactive ketones (excluding diaryl/α,β-unsaturated/α-hetero) is 1. The number of hydrogen-bond donors (Lipinski definition) is 4. The highest BCUT2D eigenvalue weighted by Gasteiger charge is 2.28. The zero-order valence-corrected chi connectivity index (χ0v) is 21.4. The van der Waals surface area contributed by atoms with Crippen LogP contribution in [-0.4, -0.2) is 58.9 Å². The van der Waals surface area contributed by atoms with Crippen molar-refractivity contribution in [1.29, 1.82) is 0 Å². The van der Waals surface area contributed by atoms with Gasteiger partial charge in [0.1, 0.15) is 15.9 Å². The molecule has 2 heterocycles. The number of nitrogens with two attached hydrogens (primary N) is 1. The van der Waals surface area contributed by atoms with Gasteiger partial charge in [-0.3, -0.25) is 4.79 Å². The van der Waals surface area contributed by atoms with E-state index in [4.69, 9.17) is 39.1 Å². The maximum Gasteiger partial charge on any atom is 0.336 e. The van der Waals surface area contributed by atoms with Crippen LogP contribution in [0, 0.1) is 0 Å². The number of anilines is 1. The Kier molecular flexibility index (Phi) is 13.4. The van der Waals surface area contributed by atoms with Gasteiger partial charge in [-0.25, -0.2) is 14.8 Å². The Hall–Kier alpha value is -1.30. The average molecular weight is 604 g/mol. The van der Waals surface area contributed by atoms with Crippen molar-refractivity contribution in [3.05, 3.63) is 52.5 Å². The van der Waals surface area contributed by atoms with Crippen LogP contribution in [0.15, 0.2) is 36.7 Å². The fourth-order valence-electron chi connectivity index (χ4n) is 1.48. The van der Waals surface area contributed by atoms with Gasteiger partial charge in [0.15, 0.2) is 11.4 Å². The fraction of sp³-hybridized carbons (Fsp3) is 0.368. The second-order valence-corrected chi connectivity index (χ2v) is 8.51. The molecule has 0 saturated heterocycles. The van der Waals surface area contributed by atoms with Crippen LogP contribution in [0.25, 0.3) is 0 Å². The number of hydrogen-bond acceptors (Lipinski definition) is 7. The van der Waals surface area contributed by atoms with Gasteiger partial charge < -0.3 is 21.1 Å². The predicted octanol–water partition coefficient (Wildman–Crippen LogP) is 3.53. The van der Waals surface area contributed by atoms with Crippen LogP contribution >= 0.6 is 55.1 Å². The van der Waals surface area contributed by atoms with Crippen LogP contribution in [0.3, 0.4) is 0 Å². The van der Waals surface area contributed by atoms with Crippen molar-refractivity contribution in [2.45, 2.75) is 31.5 Å². The first kappa shape index (κ1) is 29.7. The van der Waals surface area contributed by atoms with Gasteiger partial charge in [0.05, 0.1) is 0 Å². The number of rotatable bonds is 6. The van der Waals surface area contributed by atoms with Gasteiger partial charge in [-0.15, -0.1) is 0 Å². The van der Waals surface area contributed by atoms with E-state index in [0.29, 0.717) is 16.0 Å². The molecule has 0 radical (unpaired) electrons. The molecule has 0 bridgehead atoms. The maximum absolute atomic E-state index is 11.6. The summed E-state index contributed by atoms with van der Waals surface area (Å²) in [5.74, 6) is -1.46. The summed E-state index contributed by atoms with van der Waals surface area (Å²) in [6.45, 7) is 2.71. The molecule has 2 rings (SSSR count). The quantitative estimate of drug-likeness (QED) is 0.290. The van der Waals surface area contributed by atoms with Crippen LogP contribution in [-0.2, 0) is 16.0 Å². The van der Waals surface area contributed by atoms with Crippen LogP contribution in [0.1, 0.15) is 19.4 Å². The van der Waals surface area contributed by atoms with Crippen molar-refractivity contribution in [1.82, 2.24) is 9.97 Å². The number of carboxylic acids is 1. The number of nitrogen functional groups attached to an aromatic ring is 1. The third kappa shape index (κ3) is 12.4. The molecule has 0 unspecified atom stereocenters. The molecule has 172 valence electrons. The minimum Gasteiger partial charge on any atom is -0.479 e. The molecule has 2 aromatic heterocycles. The zero-order valence-electron chi connectivity index (χ0n) is 16.7. The van der Waals surface area contributed by atoms with Gasteiger partial charge in [-0.2, -0.15) is 0 Å². The number of aliphatic carboxylic acids is 1. The van der Waals surface area contributed by atoms with E-state index >= 15 is 0 Å². The standard InChI is InChI=1S/C10H11BrClNO2.C5H5ClN2.C4H7BrO3/c1-10(15,6-11)8(14)4-7-2-3-13-9(12)5-7;6-5-3-4(7)1-2-8-5;1-4(8,2-5)3(6)7/h2-3,5,15H,4,6H2,1H3;1-3H,(H2,7,8);8H,2H2,1H3,(H,6,7)/t10-;;4-/m0.0/s1. The second kappa shape index (κ2) is 14.0. The Morgan fingerprint density at radius 1 is 1.00 bits per heavy atom. The fourth-order valence-corrected chi connectivity index (χ4v) is 2.41. The number of aliphatic hydroxyl groups is 2. The number of ketones is 1. The highest BCUT2D eigenvalue weighted by atomic mass is 79.9. The number of alkyl halides is 2. The number of nitrogens with zero attached hydrogens (tertiary/aromatic N) is 2. The van der Waals surface area contributed by atoms with Gasteiger partial charge in [0, 0.05) is 35.2 Å². The summed E-state index contributed by atoms with van der Waals surface area (Å²) in [6, 6.07) is 6.60. The second-order valence-electron chi connectivity index (χ2n) is 6.62. The molecule has 0 fully saturated rings. The molecule has 0 spiro atoms. The summed E-state index contributed by atoms with van der Waals surface area (Å²) in [5.41, 5.74) is 3.77. The lowest BCUT2D eigenvalue weighted by atomic mass is 9.98. The number of aromatic nitrogens is 2. The highest BCUT2D eigenvalue weighted by Crippen LogP contribution is 2.14. The SMILES string of the molecule is C[C@](O)(CBr)C(=O)Cc1ccnc(Cl)c1.C[C@](O)(CBr)C(=O)O.Nc1ccnc(Cl)c1. The lowest BCUT2D eigenvalue weighted by Crippen LogP contribution is -2.38. The Morgan fingerprint density at radius 2 is 1.48 bits per heavy atom. The largest absolute Gasteiger partial charge is 0.479 e. The summed E-state index contributed by atoms with van der Waals surface area (Å²) in [7, 11) is 0. The Labute approximate surface area is 207 Å². The molecular weight excluding hydrogens is 581 g/mol. The van der Waals surface area contributed by atoms with Gasteiger partial charge >= 0.3 is 5.97 Å². The third-order valence-corrected chi connectivity index (χ3v) is 6.09. The Bertz CT molecular complexity index is 853. The van der Waals surface area contributed by atoms with E-state index in [2.05, 4.69) is 41.8 Å². The lowest BCUT2D eigenvalue weighted by Gasteiger charge is -2.18. The smallest absolute Gasteiger partial charge is 0.336 e. The minimum atomic E-state index is -1.62. The van der Waals surface area contributed by atoms with Crippen LogP contribution in [0.5, 0.6) is 0 Å². The zero-order chi connectivity index (χ0) is 24.2. The Balaban J connectivity index is 0.000000477. The first-order valence-electron chi connectivity index (χ1n) is 8.56. The van der Waals surface area contributed by atoms with Crippen molar-refractivity contribution >= 4 is 72.5 Å². The number of carbonyl (C=O) groups is 2. The topological polar surface area (TPSA) is 147 Å². The van der Waals surface area contributed by atoms with Crippen molar-refractivity contribution in [3.63, 3.8) is 0 Å². The van der Waals surface area contributed by atoms with Gasteiger partial charge in [-0.1, -0.05) is 55.1 Å². The van der Waals surface area contributed by atoms with E-state index in [1.54, 1.807) is 30.5 Å². The van der Waals surface area contributed by atoms with E-state index in [0.717, 1.165) is 5.56 Å². The van der Waals surface area contributed by atoms with E-state index in [-0.39, 0.29) is 22.9 Å². The number of pyridine rings is 2. The van der Waals surface area contributed by atoms with E-state index < -0.39 is 17.2 Å².